The summed E-state index contributed by atoms with van der Waals surface area (Å²) in [6, 6.07) is 8.76. The summed E-state index contributed by atoms with van der Waals surface area (Å²) in [6.45, 7) is 9.37. The number of halogens is 1. The van der Waals surface area contributed by atoms with Crippen molar-refractivity contribution < 1.29 is 4.79 Å². The first-order chi connectivity index (χ1) is 12.4. The number of rotatable bonds is 5. The van der Waals surface area contributed by atoms with Gasteiger partial charge in [0.15, 0.2) is 5.96 Å². The van der Waals surface area contributed by atoms with Gasteiger partial charge in [-0.2, -0.15) is 0 Å². The van der Waals surface area contributed by atoms with Crippen LogP contribution in [0.5, 0.6) is 0 Å². The Morgan fingerprint density at radius 1 is 1.22 bits per heavy atom. The largest absolute Gasteiger partial charge is 0.359 e. The molecule has 1 amide bonds. The Hall–Kier alpha value is -1.31. The zero-order valence-corrected chi connectivity index (χ0v) is 19.7. The second-order valence-corrected chi connectivity index (χ2v) is 7.96. The average Bonchev–Trinajstić information content (AvgIpc) is 2.63. The van der Waals surface area contributed by atoms with Gasteiger partial charge in [0.25, 0.3) is 0 Å². The molecule has 152 valence electrons. The van der Waals surface area contributed by atoms with E-state index < -0.39 is 0 Å². The molecule has 6 heteroatoms. The Bertz CT molecular complexity index is 620. The molecule has 27 heavy (non-hydrogen) atoms. The van der Waals surface area contributed by atoms with E-state index in [-0.39, 0.29) is 35.3 Å². The van der Waals surface area contributed by atoms with E-state index in [9.17, 15) is 4.79 Å². The summed E-state index contributed by atoms with van der Waals surface area (Å²) in [7, 11) is 3.55. The Morgan fingerprint density at radius 2 is 1.81 bits per heavy atom. The summed E-state index contributed by atoms with van der Waals surface area (Å²) in [5.74, 6) is 1.59. The average molecular weight is 486 g/mol. The van der Waals surface area contributed by atoms with E-state index in [0.717, 1.165) is 38.4 Å². The number of nitrogens with one attached hydrogen (secondary N) is 2. The van der Waals surface area contributed by atoms with Crippen molar-refractivity contribution in [1.29, 1.82) is 0 Å². The normalized spacial score (nSPS) is 15.9. The Kier molecular flexibility index (Phi) is 9.56. The SMILES string of the molecule is CN=C(NCC(C)(C)c1ccc(C)cc1)N1CCC(CC(=O)NC)CC1.I. The van der Waals surface area contributed by atoms with Crippen LogP contribution in [-0.4, -0.2) is 50.5 Å². The number of aliphatic imine (C=N–C) groups is 1. The van der Waals surface area contributed by atoms with Crippen LogP contribution in [0.3, 0.4) is 0 Å². The minimum absolute atomic E-state index is 0. The maximum Gasteiger partial charge on any atom is 0.220 e. The van der Waals surface area contributed by atoms with Gasteiger partial charge in [0.1, 0.15) is 0 Å². The number of hydrogen-bond acceptors (Lipinski definition) is 2. The third-order valence-electron chi connectivity index (χ3n) is 5.40. The van der Waals surface area contributed by atoms with Gasteiger partial charge in [0.05, 0.1) is 0 Å². The number of guanidine groups is 1. The predicted octanol–water partition coefficient (Wildman–Crippen LogP) is 3.31. The minimum atomic E-state index is 0. The van der Waals surface area contributed by atoms with Crippen molar-refractivity contribution >= 4 is 35.8 Å². The number of benzene rings is 1. The third-order valence-corrected chi connectivity index (χ3v) is 5.40. The molecule has 0 spiro atoms. The van der Waals surface area contributed by atoms with Crippen LogP contribution < -0.4 is 10.6 Å². The molecule has 5 nitrogen and oxygen atoms in total. The van der Waals surface area contributed by atoms with Crippen LogP contribution in [0.15, 0.2) is 29.3 Å². The maximum atomic E-state index is 11.6. The molecule has 1 aromatic carbocycles. The molecule has 0 unspecified atom stereocenters. The van der Waals surface area contributed by atoms with Gasteiger partial charge in [-0.05, 0) is 31.2 Å². The molecule has 1 aliphatic rings. The smallest absolute Gasteiger partial charge is 0.220 e. The molecule has 0 aliphatic carbocycles. The van der Waals surface area contributed by atoms with E-state index in [2.05, 4.69) is 65.6 Å². The summed E-state index contributed by atoms with van der Waals surface area (Å²) in [5, 5.41) is 6.28. The van der Waals surface area contributed by atoms with Crippen molar-refractivity contribution in [3.05, 3.63) is 35.4 Å². The highest BCUT2D eigenvalue weighted by Crippen LogP contribution is 2.23. The first kappa shape index (κ1) is 23.7. The van der Waals surface area contributed by atoms with Gasteiger partial charge in [-0.15, -0.1) is 24.0 Å². The standard InChI is InChI=1S/C21H34N4O.HI/c1-16-6-8-18(9-7-16)21(2,3)15-24-20(23-5)25-12-10-17(11-13-25)14-19(26)22-4;/h6-9,17H,10-15H2,1-5H3,(H,22,26)(H,23,24);1H. The molecular weight excluding hydrogens is 451 g/mol. The number of likely N-dealkylation sites (tertiary alicyclic amines) is 1. The van der Waals surface area contributed by atoms with E-state index in [4.69, 9.17) is 0 Å². The lowest BCUT2D eigenvalue weighted by atomic mass is 9.84. The van der Waals surface area contributed by atoms with Crippen molar-refractivity contribution in [1.82, 2.24) is 15.5 Å². The lowest BCUT2D eigenvalue weighted by Gasteiger charge is -2.35. The molecule has 2 rings (SSSR count). The van der Waals surface area contributed by atoms with Gasteiger partial charge >= 0.3 is 0 Å². The maximum absolute atomic E-state index is 11.6. The first-order valence-corrected chi connectivity index (χ1v) is 9.59. The highest BCUT2D eigenvalue weighted by molar-refractivity contribution is 14.0. The van der Waals surface area contributed by atoms with Crippen LogP contribution in [0, 0.1) is 12.8 Å². The van der Waals surface area contributed by atoms with Gasteiger partial charge in [-0.1, -0.05) is 43.7 Å². The fourth-order valence-electron chi connectivity index (χ4n) is 3.45. The van der Waals surface area contributed by atoms with Crippen molar-refractivity contribution in [2.75, 3.05) is 33.7 Å². The molecule has 0 aromatic heterocycles. The van der Waals surface area contributed by atoms with Crippen molar-refractivity contribution in [2.24, 2.45) is 10.9 Å². The molecule has 0 atom stereocenters. The monoisotopic (exact) mass is 486 g/mol. The zero-order valence-electron chi connectivity index (χ0n) is 17.3. The number of amides is 1. The van der Waals surface area contributed by atoms with Gasteiger partial charge < -0.3 is 15.5 Å². The number of piperidine rings is 1. The Morgan fingerprint density at radius 3 is 2.33 bits per heavy atom. The van der Waals surface area contributed by atoms with E-state index in [0.29, 0.717) is 12.3 Å². The van der Waals surface area contributed by atoms with E-state index >= 15 is 0 Å². The molecule has 1 saturated heterocycles. The molecule has 1 aliphatic heterocycles. The number of carbonyl (C=O) groups excluding carboxylic acids is 1. The number of carbonyl (C=O) groups is 1. The van der Waals surface area contributed by atoms with E-state index in [1.165, 1.54) is 11.1 Å². The van der Waals surface area contributed by atoms with Crippen LogP contribution in [-0.2, 0) is 10.2 Å². The van der Waals surface area contributed by atoms with Crippen molar-refractivity contribution in [3.63, 3.8) is 0 Å². The number of aryl methyl sites for hydroxylation is 1. The molecule has 1 aromatic rings. The van der Waals surface area contributed by atoms with E-state index in [1.807, 2.05) is 7.05 Å². The Balaban J connectivity index is 0.00000364. The molecule has 0 saturated carbocycles. The highest BCUT2D eigenvalue weighted by Gasteiger charge is 2.25. The van der Waals surface area contributed by atoms with Gasteiger partial charge in [0, 0.05) is 45.6 Å². The molecule has 0 bridgehead atoms. The molecule has 0 radical (unpaired) electrons. The van der Waals surface area contributed by atoms with Crippen LogP contribution >= 0.6 is 24.0 Å². The molecule has 1 heterocycles. The summed E-state index contributed by atoms with van der Waals surface area (Å²) in [4.78, 5) is 18.3. The van der Waals surface area contributed by atoms with E-state index in [1.54, 1.807) is 7.05 Å². The van der Waals surface area contributed by atoms with Gasteiger partial charge in [-0.3, -0.25) is 9.79 Å². The van der Waals surface area contributed by atoms with Crippen LogP contribution in [0.4, 0.5) is 0 Å². The lowest BCUT2D eigenvalue weighted by Crippen LogP contribution is -2.48. The fraction of sp³-hybridized carbons (Fsp3) is 0.619. The molecular formula is C21H35IN4O. The van der Waals surface area contributed by atoms with Crippen LogP contribution in [0.1, 0.15) is 44.2 Å². The third kappa shape index (κ3) is 6.97. The van der Waals surface area contributed by atoms with Crippen LogP contribution in [0.2, 0.25) is 0 Å². The second kappa shape index (κ2) is 10.9. The van der Waals surface area contributed by atoms with Crippen LogP contribution in [0.25, 0.3) is 0 Å². The molecule has 2 N–H and O–H groups in total. The second-order valence-electron chi connectivity index (χ2n) is 7.96. The summed E-state index contributed by atoms with van der Waals surface area (Å²) in [6.07, 6.45) is 2.71. The van der Waals surface area contributed by atoms with Gasteiger partial charge in [-0.25, -0.2) is 0 Å². The molecule has 1 fully saturated rings. The topological polar surface area (TPSA) is 56.7 Å². The lowest BCUT2D eigenvalue weighted by molar-refractivity contribution is -0.121. The van der Waals surface area contributed by atoms with Gasteiger partial charge in [0.2, 0.25) is 5.91 Å². The highest BCUT2D eigenvalue weighted by atomic mass is 127. The number of hydrogen-bond donors (Lipinski definition) is 2. The predicted molar refractivity (Wildman–Crippen MR) is 124 cm³/mol. The first-order valence-electron chi connectivity index (χ1n) is 9.59. The minimum Gasteiger partial charge on any atom is -0.359 e. The zero-order chi connectivity index (χ0) is 19.2. The summed E-state index contributed by atoms with van der Waals surface area (Å²) in [5.41, 5.74) is 2.64. The Labute approximate surface area is 181 Å². The summed E-state index contributed by atoms with van der Waals surface area (Å²) >= 11 is 0. The van der Waals surface area contributed by atoms with Crippen molar-refractivity contribution in [3.8, 4) is 0 Å². The van der Waals surface area contributed by atoms with Crippen molar-refractivity contribution in [2.45, 2.75) is 45.4 Å². The fourth-order valence-corrected chi connectivity index (χ4v) is 3.45. The quantitative estimate of drug-likeness (QED) is 0.382. The summed E-state index contributed by atoms with van der Waals surface area (Å²) < 4.78 is 0. The number of nitrogens with zero attached hydrogens (tertiary/aromatic N) is 2.